The van der Waals surface area contributed by atoms with Gasteiger partial charge in [0.05, 0.1) is 0 Å². The molecule has 0 radical (unpaired) electrons. The van der Waals surface area contributed by atoms with E-state index in [2.05, 4.69) is 15.8 Å². The maximum Gasteiger partial charge on any atom is 0.353 e. The Hall–Kier alpha value is -2.90. The molecular formula is C13H13N3O5. The quantitative estimate of drug-likeness (QED) is 0.759. The molecule has 3 N–H and O–H groups in total. The maximum absolute atomic E-state index is 11.9. The Bertz CT molecular complexity index is 626. The first-order chi connectivity index (χ1) is 9.95. The summed E-state index contributed by atoms with van der Waals surface area (Å²) in [4.78, 5) is 38.4. The van der Waals surface area contributed by atoms with Crippen LogP contribution < -0.4 is 10.6 Å². The van der Waals surface area contributed by atoms with Crippen LogP contribution in [0.5, 0.6) is 0 Å². The van der Waals surface area contributed by atoms with Crippen LogP contribution in [0.4, 0.5) is 11.4 Å². The molecule has 1 heterocycles. The fourth-order valence-corrected chi connectivity index (χ4v) is 1.75. The van der Waals surface area contributed by atoms with Crippen LogP contribution >= 0.6 is 0 Å². The Morgan fingerprint density at radius 3 is 2.52 bits per heavy atom. The van der Waals surface area contributed by atoms with Crippen LogP contribution in [0.3, 0.4) is 0 Å². The van der Waals surface area contributed by atoms with Crippen LogP contribution in [0.25, 0.3) is 0 Å². The van der Waals surface area contributed by atoms with Crippen molar-refractivity contribution in [2.45, 2.75) is 19.4 Å². The normalized spacial score (nSPS) is 16.6. The van der Waals surface area contributed by atoms with Crippen molar-refractivity contribution >= 4 is 34.9 Å². The van der Waals surface area contributed by atoms with E-state index in [1.54, 1.807) is 24.3 Å². The molecule has 0 saturated carbocycles. The number of amides is 2. The topological polar surface area (TPSA) is 117 Å². The minimum atomic E-state index is -1.21. The van der Waals surface area contributed by atoms with E-state index in [0.29, 0.717) is 11.4 Å². The second-order valence-electron chi connectivity index (χ2n) is 4.39. The lowest BCUT2D eigenvalue weighted by atomic mass is 10.1. The van der Waals surface area contributed by atoms with Crippen molar-refractivity contribution < 1.29 is 24.3 Å². The second kappa shape index (κ2) is 6.04. The molecule has 110 valence electrons. The highest BCUT2D eigenvalue weighted by atomic mass is 16.6. The van der Waals surface area contributed by atoms with Gasteiger partial charge in [0, 0.05) is 24.7 Å². The van der Waals surface area contributed by atoms with Crippen molar-refractivity contribution in [3.8, 4) is 0 Å². The van der Waals surface area contributed by atoms with Gasteiger partial charge in [0.1, 0.15) is 0 Å². The second-order valence-corrected chi connectivity index (χ2v) is 4.39. The highest BCUT2D eigenvalue weighted by molar-refractivity contribution is 6.36. The third-order valence-electron chi connectivity index (χ3n) is 2.66. The minimum Gasteiger partial charge on any atom is -0.477 e. The summed E-state index contributed by atoms with van der Waals surface area (Å²) in [6.45, 7) is 1.38. The monoisotopic (exact) mass is 291 g/mol. The summed E-state index contributed by atoms with van der Waals surface area (Å²) < 4.78 is 0. The van der Waals surface area contributed by atoms with Gasteiger partial charge < -0.3 is 20.6 Å². The minimum absolute atomic E-state index is 0.0907. The standard InChI is InChI=1S/C13H13N3O5/c1-7(17)14-8-3-2-4-9(5-8)15-12(18)11-6-10(13(19)20)16-21-11/h2-5,11H,6H2,1H3,(H,14,17)(H,15,18)(H,19,20). The van der Waals surface area contributed by atoms with Gasteiger partial charge in [0.2, 0.25) is 12.0 Å². The maximum atomic E-state index is 11.9. The number of aliphatic carboxylic acids is 1. The molecule has 1 unspecified atom stereocenters. The van der Waals surface area contributed by atoms with Gasteiger partial charge in [-0.3, -0.25) is 9.59 Å². The molecule has 1 atom stereocenters. The number of nitrogens with zero attached hydrogens (tertiary/aromatic N) is 1. The fourth-order valence-electron chi connectivity index (χ4n) is 1.75. The van der Waals surface area contributed by atoms with Crippen LogP contribution in [0, 0.1) is 0 Å². The van der Waals surface area contributed by atoms with E-state index in [-0.39, 0.29) is 18.0 Å². The van der Waals surface area contributed by atoms with E-state index in [9.17, 15) is 14.4 Å². The van der Waals surface area contributed by atoms with E-state index >= 15 is 0 Å². The summed E-state index contributed by atoms with van der Waals surface area (Å²) in [6.07, 6.45) is -1.06. The van der Waals surface area contributed by atoms with Gasteiger partial charge in [-0.1, -0.05) is 11.2 Å². The van der Waals surface area contributed by atoms with Gasteiger partial charge in [-0.2, -0.15) is 0 Å². The molecule has 0 aliphatic carbocycles. The Morgan fingerprint density at radius 2 is 1.95 bits per heavy atom. The zero-order valence-electron chi connectivity index (χ0n) is 11.1. The molecule has 0 bridgehead atoms. The Labute approximate surface area is 119 Å². The molecule has 8 heteroatoms. The summed E-state index contributed by atoms with van der Waals surface area (Å²) in [6, 6.07) is 6.55. The molecular weight excluding hydrogens is 278 g/mol. The van der Waals surface area contributed by atoms with E-state index in [1.165, 1.54) is 6.92 Å². The van der Waals surface area contributed by atoms with Crippen molar-refractivity contribution in [3.63, 3.8) is 0 Å². The zero-order valence-corrected chi connectivity index (χ0v) is 11.1. The van der Waals surface area contributed by atoms with Gasteiger partial charge >= 0.3 is 5.97 Å². The number of hydrogen-bond acceptors (Lipinski definition) is 5. The molecule has 8 nitrogen and oxygen atoms in total. The third kappa shape index (κ3) is 3.78. The molecule has 0 aromatic heterocycles. The van der Waals surface area contributed by atoms with Crippen LogP contribution in [0.15, 0.2) is 29.4 Å². The Morgan fingerprint density at radius 1 is 1.29 bits per heavy atom. The van der Waals surface area contributed by atoms with Gasteiger partial charge in [-0.25, -0.2) is 4.79 Å². The van der Waals surface area contributed by atoms with Gasteiger partial charge in [0.25, 0.3) is 5.91 Å². The van der Waals surface area contributed by atoms with E-state index in [0.717, 1.165) is 0 Å². The molecule has 2 amide bonds. The number of nitrogens with one attached hydrogen (secondary N) is 2. The molecule has 1 aliphatic heterocycles. The number of oxime groups is 1. The number of carbonyl (C=O) groups excluding carboxylic acids is 2. The number of hydrogen-bond donors (Lipinski definition) is 3. The fraction of sp³-hybridized carbons (Fsp3) is 0.231. The lowest BCUT2D eigenvalue weighted by Crippen LogP contribution is -2.28. The number of carbonyl (C=O) groups is 3. The average molecular weight is 291 g/mol. The van der Waals surface area contributed by atoms with Crippen LogP contribution in [-0.2, 0) is 19.2 Å². The number of anilines is 2. The third-order valence-corrected chi connectivity index (χ3v) is 2.66. The summed E-state index contributed by atoms with van der Waals surface area (Å²) in [5.41, 5.74) is 0.802. The van der Waals surface area contributed by atoms with Gasteiger partial charge in [0.15, 0.2) is 5.71 Å². The zero-order chi connectivity index (χ0) is 15.4. The molecule has 1 aromatic rings. The first-order valence-corrected chi connectivity index (χ1v) is 6.10. The van der Waals surface area contributed by atoms with Crippen LogP contribution in [0.1, 0.15) is 13.3 Å². The SMILES string of the molecule is CC(=O)Nc1cccc(NC(=O)C2CC(C(=O)O)=NO2)c1. The molecule has 21 heavy (non-hydrogen) atoms. The first kappa shape index (κ1) is 14.5. The summed E-state index contributed by atoms with van der Waals surface area (Å²) >= 11 is 0. The summed E-state index contributed by atoms with van der Waals surface area (Å²) in [7, 11) is 0. The number of benzene rings is 1. The largest absolute Gasteiger partial charge is 0.477 e. The summed E-state index contributed by atoms with van der Waals surface area (Å²) in [5, 5.41) is 17.2. The molecule has 0 spiro atoms. The molecule has 0 fully saturated rings. The van der Waals surface area contributed by atoms with Crippen LogP contribution in [0.2, 0.25) is 0 Å². The average Bonchev–Trinajstić information content (AvgIpc) is 2.88. The molecule has 2 rings (SSSR count). The van der Waals surface area contributed by atoms with Crippen molar-refractivity contribution in [3.05, 3.63) is 24.3 Å². The van der Waals surface area contributed by atoms with E-state index in [1.807, 2.05) is 0 Å². The lowest BCUT2D eigenvalue weighted by Gasteiger charge is -2.10. The highest BCUT2D eigenvalue weighted by Gasteiger charge is 2.31. The Kier molecular flexibility index (Phi) is 4.17. The number of rotatable bonds is 4. The van der Waals surface area contributed by atoms with Crippen molar-refractivity contribution in [2.75, 3.05) is 10.6 Å². The molecule has 1 aliphatic rings. The smallest absolute Gasteiger partial charge is 0.353 e. The molecule has 1 aromatic carbocycles. The highest BCUT2D eigenvalue weighted by Crippen LogP contribution is 2.17. The van der Waals surface area contributed by atoms with Crippen molar-refractivity contribution in [2.24, 2.45) is 5.16 Å². The number of carboxylic acid groups (broad SMARTS) is 1. The van der Waals surface area contributed by atoms with Gasteiger partial charge in [-0.05, 0) is 18.2 Å². The van der Waals surface area contributed by atoms with Crippen LogP contribution in [-0.4, -0.2) is 34.7 Å². The van der Waals surface area contributed by atoms with Crippen molar-refractivity contribution in [1.29, 1.82) is 0 Å². The predicted molar refractivity (Wildman–Crippen MR) is 73.9 cm³/mol. The molecule has 0 saturated heterocycles. The van der Waals surface area contributed by atoms with E-state index in [4.69, 9.17) is 9.94 Å². The Balaban J connectivity index is 1.98. The predicted octanol–water partition coefficient (Wildman–Crippen LogP) is 0.813. The first-order valence-electron chi connectivity index (χ1n) is 6.10. The van der Waals surface area contributed by atoms with E-state index < -0.39 is 18.0 Å². The summed E-state index contributed by atoms with van der Waals surface area (Å²) in [5.74, 6) is -1.94. The lowest BCUT2D eigenvalue weighted by molar-refractivity contribution is -0.129. The van der Waals surface area contributed by atoms with Crippen molar-refractivity contribution in [1.82, 2.24) is 0 Å². The van der Waals surface area contributed by atoms with Gasteiger partial charge in [-0.15, -0.1) is 0 Å². The number of carboxylic acids is 1.